The molecule has 0 saturated heterocycles. The first-order valence-corrected chi connectivity index (χ1v) is 9.02. The largest absolute Gasteiger partial charge is 0.390 e. The zero-order valence-electron chi connectivity index (χ0n) is 12.3. The third-order valence-corrected chi connectivity index (χ3v) is 6.41. The van der Waals surface area contributed by atoms with Crippen LogP contribution in [0.3, 0.4) is 0 Å². The fourth-order valence-corrected chi connectivity index (χ4v) is 5.99. The minimum absolute atomic E-state index is 0.0588. The van der Waals surface area contributed by atoms with E-state index in [-0.39, 0.29) is 18.0 Å². The number of nitrogens with one attached hydrogen (secondary N) is 2. The molecular formula is C15H20ClN3O2S. The summed E-state index contributed by atoms with van der Waals surface area (Å²) in [5.41, 5.74) is -0.562. The van der Waals surface area contributed by atoms with Crippen LogP contribution < -0.4 is 10.6 Å². The molecule has 0 spiro atoms. The van der Waals surface area contributed by atoms with Crippen molar-refractivity contribution in [3.8, 4) is 0 Å². The maximum Gasteiger partial charge on any atom is 0.240 e. The Hall–Kier alpha value is -0.690. The lowest BCUT2D eigenvalue weighted by Crippen LogP contribution is -2.65. The van der Waals surface area contributed by atoms with Gasteiger partial charge in [0.25, 0.3) is 0 Å². The van der Waals surface area contributed by atoms with Gasteiger partial charge in [0.1, 0.15) is 4.34 Å². The molecule has 2 atom stereocenters. The number of aromatic nitrogens is 1. The van der Waals surface area contributed by atoms with Crippen LogP contribution in [0.1, 0.15) is 38.5 Å². The Kier molecular flexibility index (Phi) is 3.49. The summed E-state index contributed by atoms with van der Waals surface area (Å²) in [6, 6.07) is 0. The smallest absolute Gasteiger partial charge is 0.240 e. The lowest BCUT2D eigenvalue weighted by Gasteiger charge is -2.60. The number of aliphatic hydroxyl groups is 1. The minimum atomic E-state index is -0.504. The van der Waals surface area contributed by atoms with Crippen LogP contribution in [0.15, 0.2) is 6.20 Å². The van der Waals surface area contributed by atoms with E-state index in [9.17, 15) is 9.90 Å². The molecule has 4 saturated carbocycles. The van der Waals surface area contributed by atoms with Crippen molar-refractivity contribution >= 4 is 34.0 Å². The minimum Gasteiger partial charge on any atom is -0.390 e. The Morgan fingerprint density at radius 2 is 2.14 bits per heavy atom. The first kappa shape index (κ1) is 14.9. The number of thiazole rings is 1. The monoisotopic (exact) mass is 341 g/mol. The maximum absolute atomic E-state index is 12.1. The van der Waals surface area contributed by atoms with Crippen molar-refractivity contribution in [2.45, 2.75) is 49.7 Å². The van der Waals surface area contributed by atoms with E-state index in [2.05, 4.69) is 15.6 Å². The van der Waals surface area contributed by atoms with E-state index < -0.39 is 5.60 Å². The van der Waals surface area contributed by atoms with Crippen LogP contribution in [0, 0.1) is 11.8 Å². The Labute approximate surface area is 138 Å². The molecule has 3 N–H and O–H groups in total. The van der Waals surface area contributed by atoms with Gasteiger partial charge in [0.2, 0.25) is 5.91 Å². The fourth-order valence-electron chi connectivity index (χ4n) is 5.16. The van der Waals surface area contributed by atoms with Crippen molar-refractivity contribution < 1.29 is 9.90 Å². The van der Waals surface area contributed by atoms with Crippen molar-refractivity contribution in [2.24, 2.45) is 11.8 Å². The van der Waals surface area contributed by atoms with E-state index in [1.54, 1.807) is 0 Å². The van der Waals surface area contributed by atoms with E-state index in [1.807, 2.05) is 0 Å². The molecule has 22 heavy (non-hydrogen) atoms. The highest BCUT2D eigenvalue weighted by Crippen LogP contribution is 2.57. The van der Waals surface area contributed by atoms with Gasteiger partial charge in [-0.2, -0.15) is 0 Å². The first-order chi connectivity index (χ1) is 10.4. The van der Waals surface area contributed by atoms with Gasteiger partial charge >= 0.3 is 0 Å². The Balaban J connectivity index is 1.38. The van der Waals surface area contributed by atoms with Crippen LogP contribution in [0.5, 0.6) is 0 Å². The third kappa shape index (κ3) is 2.77. The second kappa shape index (κ2) is 5.16. The summed E-state index contributed by atoms with van der Waals surface area (Å²) in [6.45, 7) is 0.257. The number of nitrogens with zero attached hydrogens (tertiary/aromatic N) is 1. The molecule has 0 radical (unpaired) electrons. The molecule has 7 heteroatoms. The van der Waals surface area contributed by atoms with Crippen LogP contribution in [-0.2, 0) is 4.79 Å². The summed E-state index contributed by atoms with van der Waals surface area (Å²) in [7, 11) is 0. The summed E-state index contributed by atoms with van der Waals surface area (Å²) in [6.07, 6.45) is 7.61. The predicted octanol–water partition coefficient (Wildman–Crippen LogP) is 2.41. The van der Waals surface area contributed by atoms with E-state index in [1.165, 1.54) is 24.0 Å². The lowest BCUT2D eigenvalue weighted by molar-refractivity contribution is -0.144. The molecule has 4 bridgehead atoms. The molecule has 1 aromatic rings. The molecule has 120 valence electrons. The number of carbonyl (C=O) groups is 1. The summed E-state index contributed by atoms with van der Waals surface area (Å²) in [5.74, 6) is 1.12. The molecule has 0 aromatic carbocycles. The molecule has 1 aromatic heterocycles. The number of halogens is 1. The van der Waals surface area contributed by atoms with Gasteiger partial charge in [-0.1, -0.05) is 22.9 Å². The van der Waals surface area contributed by atoms with Crippen LogP contribution in [-0.4, -0.2) is 33.7 Å². The number of amides is 1. The predicted molar refractivity (Wildman–Crippen MR) is 86.1 cm³/mol. The molecule has 1 heterocycles. The van der Waals surface area contributed by atoms with Crippen molar-refractivity contribution in [3.63, 3.8) is 0 Å². The van der Waals surface area contributed by atoms with E-state index in [4.69, 9.17) is 11.6 Å². The zero-order valence-corrected chi connectivity index (χ0v) is 13.8. The van der Waals surface area contributed by atoms with Gasteiger partial charge in [-0.3, -0.25) is 4.79 Å². The second-order valence-corrected chi connectivity index (χ2v) is 9.00. The Morgan fingerprint density at radius 1 is 1.41 bits per heavy atom. The summed E-state index contributed by atoms with van der Waals surface area (Å²) in [5, 5.41) is 17.5. The molecule has 5 rings (SSSR count). The average Bonchev–Trinajstić information content (AvgIpc) is 2.79. The lowest BCUT2D eigenvalue weighted by atomic mass is 9.51. The van der Waals surface area contributed by atoms with Crippen LogP contribution in [0.2, 0.25) is 4.34 Å². The summed E-state index contributed by atoms with van der Waals surface area (Å²) < 4.78 is 0.562. The van der Waals surface area contributed by atoms with Crippen molar-refractivity contribution in [3.05, 3.63) is 10.5 Å². The van der Waals surface area contributed by atoms with Gasteiger partial charge in [0, 0.05) is 5.54 Å². The van der Waals surface area contributed by atoms with E-state index >= 15 is 0 Å². The SMILES string of the molecule is O=C(CNC12CC3CC(CC(O)(C3)C1)C2)Nc1ncc(Cl)s1. The molecule has 2 unspecified atom stereocenters. The molecule has 4 aliphatic rings. The van der Waals surface area contributed by atoms with Crippen LogP contribution in [0.25, 0.3) is 0 Å². The number of carbonyl (C=O) groups excluding carboxylic acids is 1. The summed E-state index contributed by atoms with van der Waals surface area (Å²) >= 11 is 7.06. The topological polar surface area (TPSA) is 74.2 Å². The van der Waals surface area contributed by atoms with Crippen LogP contribution >= 0.6 is 22.9 Å². The van der Waals surface area contributed by atoms with Gasteiger partial charge < -0.3 is 15.7 Å². The number of anilines is 1. The third-order valence-electron chi connectivity index (χ3n) is 5.38. The molecule has 4 aliphatic carbocycles. The Morgan fingerprint density at radius 3 is 2.73 bits per heavy atom. The number of hydrogen-bond acceptors (Lipinski definition) is 5. The quantitative estimate of drug-likeness (QED) is 0.786. The van der Waals surface area contributed by atoms with Gasteiger partial charge in [-0.05, 0) is 50.4 Å². The molecular weight excluding hydrogens is 322 g/mol. The number of rotatable bonds is 4. The number of hydrogen-bond donors (Lipinski definition) is 3. The van der Waals surface area contributed by atoms with Crippen molar-refractivity contribution in [2.75, 3.05) is 11.9 Å². The van der Waals surface area contributed by atoms with Gasteiger partial charge in [-0.15, -0.1) is 0 Å². The van der Waals surface area contributed by atoms with Gasteiger partial charge in [-0.25, -0.2) is 4.98 Å². The molecule has 0 aliphatic heterocycles. The molecule has 4 fully saturated rings. The highest BCUT2D eigenvalue weighted by atomic mass is 35.5. The van der Waals surface area contributed by atoms with Gasteiger partial charge in [0.05, 0.1) is 18.3 Å². The first-order valence-electron chi connectivity index (χ1n) is 7.82. The van der Waals surface area contributed by atoms with Crippen molar-refractivity contribution in [1.29, 1.82) is 0 Å². The highest BCUT2D eigenvalue weighted by Gasteiger charge is 2.56. The standard InChI is InChI=1S/C15H20ClN3O2S/c16-11-6-17-13(22-11)19-12(20)7-18-14-2-9-1-10(3-14)5-15(21,4-9)8-14/h6,9-10,18,21H,1-5,7-8H2,(H,17,19,20). The fraction of sp³-hybridized carbons (Fsp3) is 0.733. The van der Waals surface area contributed by atoms with Crippen molar-refractivity contribution in [1.82, 2.24) is 10.3 Å². The summed E-state index contributed by atoms with van der Waals surface area (Å²) in [4.78, 5) is 16.1. The van der Waals surface area contributed by atoms with Gasteiger partial charge in [0.15, 0.2) is 5.13 Å². The van der Waals surface area contributed by atoms with E-state index in [0.717, 1.165) is 32.1 Å². The highest BCUT2D eigenvalue weighted by molar-refractivity contribution is 7.19. The molecule has 1 amide bonds. The normalized spacial score (nSPS) is 39.2. The molecule has 5 nitrogen and oxygen atoms in total. The average molecular weight is 342 g/mol. The zero-order chi connectivity index (χ0) is 15.4. The second-order valence-electron chi connectivity index (χ2n) is 7.34. The van der Waals surface area contributed by atoms with Crippen LogP contribution in [0.4, 0.5) is 5.13 Å². The Bertz CT molecular complexity index is 591. The maximum atomic E-state index is 12.1. The van der Waals surface area contributed by atoms with E-state index in [0.29, 0.717) is 21.3 Å².